The highest BCUT2D eigenvalue weighted by Gasteiger charge is 2.31. The molecule has 25 nitrogen and oxygen atoms in total. The van der Waals surface area contributed by atoms with Crippen molar-refractivity contribution in [2.45, 2.75) is 88.9 Å². The van der Waals surface area contributed by atoms with Crippen LogP contribution in [0.1, 0.15) is 68.9 Å². The zero-order valence-electron chi connectivity index (χ0n) is 42.5. The number of carbonyl (C=O) groups excluding carboxylic acids is 6. The number of carboxylic acid groups (broad SMARTS) is 3. The number of nitrogens with two attached hydrogens (primary N) is 4. The topological polar surface area (TPSA) is 400 Å². The summed E-state index contributed by atoms with van der Waals surface area (Å²) in [4.78, 5) is 113. The van der Waals surface area contributed by atoms with E-state index < -0.39 is 66.1 Å². The summed E-state index contributed by atoms with van der Waals surface area (Å²) in [5, 5.41) is 45.3. The van der Waals surface area contributed by atoms with Gasteiger partial charge in [-0.3, -0.25) is 38.6 Å². The van der Waals surface area contributed by atoms with Gasteiger partial charge in [0.05, 0.1) is 26.2 Å². The van der Waals surface area contributed by atoms with E-state index >= 15 is 0 Å². The summed E-state index contributed by atoms with van der Waals surface area (Å²) in [6, 6.07) is 10.9. The molecule has 7 amide bonds. The monoisotopic (exact) mass is 1150 g/mol. The van der Waals surface area contributed by atoms with Crippen LogP contribution in [-0.4, -0.2) is 179 Å². The number of aliphatic carboxylic acids is 3. The van der Waals surface area contributed by atoms with Crippen molar-refractivity contribution in [1.82, 2.24) is 41.3 Å². The van der Waals surface area contributed by atoms with Crippen molar-refractivity contribution >= 4 is 92.4 Å². The molecule has 27 heteroatoms. The number of primary amides is 4. The molecular weight excluding hydrogens is 1070 g/mol. The normalized spacial score (nSPS) is 15.4. The quantitative estimate of drug-likeness (QED) is 0.0298. The molecule has 2 aromatic rings. The number of carboxylic acids is 3. The van der Waals surface area contributed by atoms with E-state index in [9.17, 15) is 53.4 Å². The average Bonchev–Trinajstić information content (AvgIpc) is 3.35. The van der Waals surface area contributed by atoms with Gasteiger partial charge in [0, 0.05) is 80.9 Å². The number of rotatable bonds is 37. The molecule has 2 aromatic carbocycles. The van der Waals surface area contributed by atoms with E-state index in [1.165, 1.54) is 0 Å². The van der Waals surface area contributed by atoms with Crippen molar-refractivity contribution in [1.29, 1.82) is 0 Å². The molecule has 0 spiro atoms. The third-order valence-electron chi connectivity index (χ3n) is 12.6. The summed E-state index contributed by atoms with van der Waals surface area (Å²) in [6.07, 6.45) is 3.16. The molecule has 0 aromatic heterocycles. The molecule has 0 radical (unpaired) electrons. The van der Waals surface area contributed by atoms with Crippen LogP contribution in [0.3, 0.4) is 0 Å². The van der Waals surface area contributed by atoms with Gasteiger partial charge in [-0.25, -0.2) is 14.4 Å². The summed E-state index contributed by atoms with van der Waals surface area (Å²) in [6.45, 7) is 2.60. The van der Waals surface area contributed by atoms with Crippen molar-refractivity contribution in [3.8, 4) is 0 Å². The number of nitrogens with one attached hydrogen (secondary N) is 6. The van der Waals surface area contributed by atoms with Crippen LogP contribution in [0.25, 0.3) is 0 Å². The van der Waals surface area contributed by atoms with Gasteiger partial charge in [-0.05, 0) is 111 Å². The second-order valence-electron chi connectivity index (χ2n) is 18.7. The van der Waals surface area contributed by atoms with Gasteiger partial charge in [-0.15, -0.1) is 0 Å². The Morgan fingerprint density at radius 3 is 1.86 bits per heavy atom. The molecule has 420 valence electrons. The average molecular weight is 1150 g/mol. The minimum absolute atomic E-state index is 0.000967. The highest BCUT2D eigenvalue weighted by atomic mass is 79.9. The Labute approximate surface area is 455 Å². The lowest BCUT2D eigenvalue weighted by atomic mass is 9.81. The van der Waals surface area contributed by atoms with E-state index in [-0.39, 0.29) is 69.4 Å². The minimum atomic E-state index is -1.52. The molecule has 1 aliphatic rings. The Morgan fingerprint density at radius 2 is 1.28 bits per heavy atom. The van der Waals surface area contributed by atoms with Gasteiger partial charge >= 0.3 is 23.9 Å². The predicted octanol–water partition coefficient (Wildman–Crippen LogP) is -0.553. The highest BCUT2D eigenvalue weighted by molar-refractivity contribution is 9.10. The molecule has 1 aliphatic carbocycles. The summed E-state index contributed by atoms with van der Waals surface area (Å²) in [7, 11) is 0. The molecule has 3 atom stereocenters. The molecule has 0 saturated heterocycles. The highest BCUT2D eigenvalue weighted by Crippen LogP contribution is 2.31. The fourth-order valence-electron chi connectivity index (χ4n) is 8.64. The lowest BCUT2D eigenvalue weighted by molar-refractivity contribution is -0.141. The van der Waals surface area contributed by atoms with Crippen molar-refractivity contribution in [3.63, 3.8) is 0 Å². The van der Waals surface area contributed by atoms with E-state index in [2.05, 4.69) is 47.8 Å². The number of hydrogen-bond acceptors (Lipinski definition) is 14. The van der Waals surface area contributed by atoms with Crippen molar-refractivity contribution in [2.24, 2.45) is 34.8 Å². The Balaban J connectivity index is 1.56. The first kappa shape index (κ1) is 63.8. The van der Waals surface area contributed by atoms with Crippen LogP contribution in [0, 0.1) is 11.8 Å². The number of carbonyl (C=O) groups is 9. The van der Waals surface area contributed by atoms with Gasteiger partial charge in [-0.2, -0.15) is 0 Å². The first-order valence-corrected chi connectivity index (χ1v) is 26.2. The Bertz CT molecular complexity index is 2260. The van der Waals surface area contributed by atoms with Gasteiger partial charge in [-0.1, -0.05) is 40.2 Å². The summed E-state index contributed by atoms with van der Waals surface area (Å²) < 4.78 is 0.883. The second-order valence-corrected chi connectivity index (χ2v) is 20.1. The maximum absolute atomic E-state index is 14.1. The lowest BCUT2D eigenvalue weighted by Crippen LogP contribution is -2.51. The van der Waals surface area contributed by atoms with Crippen LogP contribution in [0.4, 0.5) is 10.5 Å². The number of urea groups is 1. The third-order valence-corrected chi connectivity index (χ3v) is 13.4. The van der Waals surface area contributed by atoms with Crippen LogP contribution in [0.2, 0.25) is 0 Å². The van der Waals surface area contributed by atoms with Crippen LogP contribution < -0.4 is 54.8 Å². The number of unbranched alkanes of at least 4 members (excludes halogenated alkanes) is 1. The number of thiocarbonyl (C=S) groups is 1. The van der Waals surface area contributed by atoms with Gasteiger partial charge < -0.3 is 75.1 Å². The summed E-state index contributed by atoms with van der Waals surface area (Å²) >= 11 is 9.10. The molecule has 1 fully saturated rings. The van der Waals surface area contributed by atoms with Crippen LogP contribution in [0.15, 0.2) is 53.0 Å². The van der Waals surface area contributed by atoms with Crippen molar-refractivity contribution in [2.75, 3.05) is 77.3 Å². The van der Waals surface area contributed by atoms with Gasteiger partial charge in [0.1, 0.15) is 12.1 Å². The first-order valence-electron chi connectivity index (χ1n) is 25.0. The lowest BCUT2D eigenvalue weighted by Gasteiger charge is -2.33. The smallest absolute Gasteiger partial charge is 0.326 e. The van der Waals surface area contributed by atoms with Gasteiger partial charge in [0.25, 0.3) is 0 Å². The number of benzene rings is 2. The maximum atomic E-state index is 14.1. The SMILES string of the molecule is NC(=O)CNCCN(CCN(CC(N)=O)C(CNCC(N)=O)Cc1ccc(NC(=S)NCC2CCC(C(=O)N(CCCC[C@@H](NC(=O)N[C@H](CCC(=O)O)C(=O)O)C(=O)O)Cc3ccc(Br)cc3)CC2)cc1)CC(N)=O. The van der Waals surface area contributed by atoms with E-state index in [0.717, 1.165) is 34.1 Å². The van der Waals surface area contributed by atoms with Crippen LogP contribution >= 0.6 is 28.1 Å². The molecule has 0 aliphatic heterocycles. The predicted molar refractivity (Wildman–Crippen MR) is 289 cm³/mol. The minimum Gasteiger partial charge on any atom is -0.481 e. The third kappa shape index (κ3) is 26.3. The van der Waals surface area contributed by atoms with Crippen LogP contribution in [0.5, 0.6) is 0 Å². The molecule has 1 saturated carbocycles. The molecule has 76 heavy (non-hydrogen) atoms. The number of anilines is 1. The number of halogens is 1. The standard InChI is InChI=1S/C49H74BrN13O12S/c50-35-12-6-33(7-13-35)28-63(19-2-1-3-38(46(71)72)59-48(75)60-39(47(73)74)16-17-44(68)69)45(70)34-10-4-32(5-11-34)24-57-49(76)58-36-14-8-31(9-15-36)23-37(25-56-27-41(52)65)62(30-43(54)67)22-21-61(29-42(53)66)20-18-55-26-40(51)64/h6-9,12-15,32,34,37-39,55-56H,1-5,10-11,16-30H2,(H2,51,64)(H2,52,65)(H2,53,66)(H2,54,67)(H,68,69)(H,71,72)(H,73,74)(H2,57,58,76)(H2,59,60,75)/t32?,34?,37?,38-,39-/m1/s1. The van der Waals surface area contributed by atoms with Gasteiger partial charge in [0.15, 0.2) is 5.11 Å². The zero-order chi connectivity index (χ0) is 56.2. The maximum Gasteiger partial charge on any atom is 0.326 e. The zero-order valence-corrected chi connectivity index (χ0v) is 44.9. The number of nitrogens with zero attached hydrogens (tertiary/aromatic N) is 3. The largest absolute Gasteiger partial charge is 0.481 e. The molecule has 0 heterocycles. The fourth-order valence-corrected chi connectivity index (χ4v) is 9.11. The van der Waals surface area contributed by atoms with Crippen LogP contribution in [-0.2, 0) is 51.3 Å². The Morgan fingerprint density at radius 1 is 0.684 bits per heavy atom. The van der Waals surface area contributed by atoms with Crippen molar-refractivity contribution in [3.05, 3.63) is 64.1 Å². The fraction of sp³-hybridized carbons (Fsp3) is 0.551. The van der Waals surface area contributed by atoms with E-state index in [0.29, 0.717) is 83.0 Å². The molecule has 17 N–H and O–H groups in total. The molecule has 1 unspecified atom stereocenters. The number of amides is 7. The summed E-state index contributed by atoms with van der Waals surface area (Å²) in [5.41, 5.74) is 24.3. The van der Waals surface area contributed by atoms with E-state index in [1.807, 2.05) is 53.4 Å². The molecule has 3 rings (SSSR count). The molecular formula is C49H74BrN13O12S. The molecule has 0 bridgehead atoms. The van der Waals surface area contributed by atoms with E-state index in [4.69, 9.17) is 40.3 Å². The second kappa shape index (κ2) is 34.2. The van der Waals surface area contributed by atoms with Gasteiger partial charge in [0.2, 0.25) is 29.5 Å². The van der Waals surface area contributed by atoms with E-state index in [1.54, 1.807) is 9.80 Å². The van der Waals surface area contributed by atoms with Crippen molar-refractivity contribution < 1.29 is 58.5 Å². The first-order chi connectivity index (χ1) is 36.1. The Kier molecular flexibility index (Phi) is 28.7. The summed E-state index contributed by atoms with van der Waals surface area (Å²) in [5.74, 6) is -6.21. The number of hydrogen-bond donors (Lipinski definition) is 13. The Hall–Kier alpha value is -6.52.